The zero-order valence-corrected chi connectivity index (χ0v) is 8.63. The maximum atomic E-state index is 13.4. The number of aliphatic imine (C=N–C) groups is 1. The number of hydrogen-bond acceptors (Lipinski definition) is 2. The lowest BCUT2D eigenvalue weighted by molar-refractivity contribution is -0.111. The topological polar surface area (TPSA) is 29.4 Å². The van der Waals surface area contributed by atoms with Crippen LogP contribution >= 0.6 is 0 Å². The number of hydrogen-bond donors (Lipinski definition) is 0. The Morgan fingerprint density at radius 2 is 2.12 bits per heavy atom. The SMILES string of the molecule is CC(=O)C1=NCC(c2ccc(F)cc2F)=C1. The van der Waals surface area contributed by atoms with E-state index in [1.54, 1.807) is 6.08 Å². The summed E-state index contributed by atoms with van der Waals surface area (Å²) in [6.07, 6.45) is 1.54. The third-order valence-corrected chi connectivity index (χ3v) is 2.37. The molecule has 0 unspecified atom stereocenters. The van der Waals surface area contributed by atoms with Crippen LogP contribution in [0.1, 0.15) is 12.5 Å². The van der Waals surface area contributed by atoms with Gasteiger partial charge in [0.05, 0.1) is 6.54 Å². The summed E-state index contributed by atoms with van der Waals surface area (Å²) >= 11 is 0. The molecule has 0 saturated heterocycles. The van der Waals surface area contributed by atoms with Crippen molar-refractivity contribution in [1.82, 2.24) is 0 Å². The fourth-order valence-corrected chi connectivity index (χ4v) is 1.55. The molecule has 2 rings (SSSR count). The quantitative estimate of drug-likeness (QED) is 0.754. The average Bonchev–Trinajstić information content (AvgIpc) is 2.66. The smallest absolute Gasteiger partial charge is 0.177 e. The second kappa shape index (κ2) is 3.96. The number of allylic oxidation sites excluding steroid dienone is 1. The maximum Gasteiger partial charge on any atom is 0.177 e. The average molecular weight is 221 g/mol. The molecule has 0 aliphatic carbocycles. The van der Waals surface area contributed by atoms with Gasteiger partial charge in [-0.1, -0.05) is 0 Å². The third kappa shape index (κ3) is 1.91. The van der Waals surface area contributed by atoms with Crippen LogP contribution in [0.25, 0.3) is 5.57 Å². The van der Waals surface area contributed by atoms with Gasteiger partial charge in [0.1, 0.15) is 17.3 Å². The Balaban J connectivity index is 2.35. The fraction of sp³-hybridized carbons (Fsp3) is 0.167. The van der Waals surface area contributed by atoms with E-state index in [0.29, 0.717) is 16.8 Å². The van der Waals surface area contributed by atoms with Crippen molar-refractivity contribution in [2.75, 3.05) is 6.54 Å². The van der Waals surface area contributed by atoms with Crippen LogP contribution in [0.4, 0.5) is 8.78 Å². The minimum absolute atomic E-state index is 0.155. The van der Waals surface area contributed by atoms with Gasteiger partial charge in [-0.05, 0) is 23.8 Å². The molecular weight excluding hydrogens is 212 g/mol. The van der Waals surface area contributed by atoms with Crippen LogP contribution in [0.3, 0.4) is 0 Å². The van der Waals surface area contributed by atoms with Crippen molar-refractivity contribution in [3.8, 4) is 0 Å². The molecule has 0 atom stereocenters. The molecule has 0 fully saturated rings. The van der Waals surface area contributed by atoms with Gasteiger partial charge in [-0.15, -0.1) is 0 Å². The predicted molar refractivity (Wildman–Crippen MR) is 57.3 cm³/mol. The van der Waals surface area contributed by atoms with E-state index in [0.717, 1.165) is 6.07 Å². The highest BCUT2D eigenvalue weighted by Gasteiger charge is 2.16. The van der Waals surface area contributed by atoms with E-state index in [1.807, 2.05) is 0 Å². The minimum Gasteiger partial charge on any atom is -0.293 e. The minimum atomic E-state index is -0.633. The van der Waals surface area contributed by atoms with Crippen LogP contribution in [0.5, 0.6) is 0 Å². The lowest BCUT2D eigenvalue weighted by atomic mass is 10.0. The number of Topliss-reactive ketones (excluding diaryl/α,β-unsaturated/α-hetero) is 1. The molecule has 0 spiro atoms. The lowest BCUT2D eigenvalue weighted by Crippen LogP contribution is -2.03. The highest BCUT2D eigenvalue weighted by atomic mass is 19.1. The summed E-state index contributed by atoms with van der Waals surface area (Å²) < 4.78 is 26.1. The van der Waals surface area contributed by atoms with Gasteiger partial charge in [-0.3, -0.25) is 9.79 Å². The Labute approximate surface area is 91.3 Å². The van der Waals surface area contributed by atoms with Crippen LogP contribution in [-0.2, 0) is 4.79 Å². The predicted octanol–water partition coefficient (Wildman–Crippen LogP) is 2.39. The molecule has 82 valence electrons. The van der Waals surface area contributed by atoms with Gasteiger partial charge in [0.15, 0.2) is 5.78 Å². The summed E-state index contributed by atoms with van der Waals surface area (Å²) in [7, 11) is 0. The van der Waals surface area contributed by atoms with Crippen molar-refractivity contribution in [1.29, 1.82) is 0 Å². The van der Waals surface area contributed by atoms with E-state index in [1.165, 1.54) is 19.1 Å². The molecule has 0 amide bonds. The fourth-order valence-electron chi connectivity index (χ4n) is 1.55. The highest BCUT2D eigenvalue weighted by Crippen LogP contribution is 2.22. The molecule has 2 nitrogen and oxygen atoms in total. The number of nitrogens with zero attached hydrogens (tertiary/aromatic N) is 1. The summed E-state index contributed by atoms with van der Waals surface area (Å²) in [6.45, 7) is 1.66. The van der Waals surface area contributed by atoms with Crippen LogP contribution in [0.15, 0.2) is 29.3 Å². The number of rotatable bonds is 2. The van der Waals surface area contributed by atoms with E-state index in [2.05, 4.69) is 4.99 Å². The molecular formula is C12H9F2NO. The second-order valence-corrected chi connectivity index (χ2v) is 3.55. The monoisotopic (exact) mass is 221 g/mol. The van der Waals surface area contributed by atoms with Crippen molar-refractivity contribution >= 4 is 17.1 Å². The maximum absolute atomic E-state index is 13.4. The largest absolute Gasteiger partial charge is 0.293 e. The van der Waals surface area contributed by atoms with Crippen molar-refractivity contribution in [3.63, 3.8) is 0 Å². The normalized spacial score (nSPS) is 14.7. The second-order valence-electron chi connectivity index (χ2n) is 3.55. The van der Waals surface area contributed by atoms with Gasteiger partial charge in [-0.25, -0.2) is 8.78 Å². The third-order valence-electron chi connectivity index (χ3n) is 2.37. The molecule has 1 aromatic carbocycles. The van der Waals surface area contributed by atoms with Crippen molar-refractivity contribution in [3.05, 3.63) is 41.5 Å². The molecule has 1 aliphatic heterocycles. The van der Waals surface area contributed by atoms with E-state index < -0.39 is 11.6 Å². The summed E-state index contributed by atoms with van der Waals surface area (Å²) in [6, 6.07) is 3.36. The highest BCUT2D eigenvalue weighted by molar-refractivity contribution is 6.45. The van der Waals surface area contributed by atoms with E-state index in [-0.39, 0.29) is 12.3 Å². The molecule has 1 aromatic rings. The van der Waals surface area contributed by atoms with E-state index in [4.69, 9.17) is 0 Å². The molecule has 1 aliphatic rings. The molecule has 0 bridgehead atoms. The first-order valence-electron chi connectivity index (χ1n) is 4.79. The lowest BCUT2D eigenvalue weighted by Gasteiger charge is -2.02. The first kappa shape index (κ1) is 10.7. The first-order valence-corrected chi connectivity index (χ1v) is 4.79. The molecule has 0 aromatic heterocycles. The van der Waals surface area contributed by atoms with Crippen molar-refractivity contribution in [2.45, 2.75) is 6.92 Å². The molecule has 0 saturated carbocycles. The van der Waals surface area contributed by atoms with Gasteiger partial charge in [0.2, 0.25) is 0 Å². The number of ketones is 1. The van der Waals surface area contributed by atoms with Gasteiger partial charge in [0.25, 0.3) is 0 Å². The Hall–Kier alpha value is -1.84. The van der Waals surface area contributed by atoms with Crippen molar-refractivity contribution < 1.29 is 13.6 Å². The van der Waals surface area contributed by atoms with Gasteiger partial charge in [-0.2, -0.15) is 0 Å². The van der Waals surface area contributed by atoms with E-state index >= 15 is 0 Å². The Bertz CT molecular complexity index is 518. The zero-order chi connectivity index (χ0) is 11.7. The van der Waals surface area contributed by atoms with Crippen LogP contribution < -0.4 is 0 Å². The number of benzene rings is 1. The van der Waals surface area contributed by atoms with E-state index in [9.17, 15) is 13.6 Å². The van der Waals surface area contributed by atoms with Crippen LogP contribution in [0, 0.1) is 11.6 Å². The van der Waals surface area contributed by atoms with Crippen LogP contribution in [-0.4, -0.2) is 18.0 Å². The summed E-state index contributed by atoms with van der Waals surface area (Å²) in [5.41, 5.74) is 1.22. The van der Waals surface area contributed by atoms with Gasteiger partial charge >= 0.3 is 0 Å². The van der Waals surface area contributed by atoms with Crippen LogP contribution in [0.2, 0.25) is 0 Å². The molecule has 4 heteroatoms. The standard InChI is InChI=1S/C12H9F2NO/c1-7(16)12-4-8(6-15-12)10-3-2-9(13)5-11(10)14/h2-5H,6H2,1H3. The summed E-state index contributed by atoms with van der Waals surface area (Å²) in [5, 5.41) is 0. The summed E-state index contributed by atoms with van der Waals surface area (Å²) in [5.74, 6) is -1.41. The Morgan fingerprint density at radius 3 is 2.69 bits per heavy atom. The summed E-state index contributed by atoms with van der Waals surface area (Å²) in [4.78, 5) is 15.0. The number of carbonyl (C=O) groups is 1. The van der Waals surface area contributed by atoms with Gasteiger partial charge < -0.3 is 0 Å². The van der Waals surface area contributed by atoms with Gasteiger partial charge in [0, 0.05) is 18.6 Å². The molecule has 0 N–H and O–H groups in total. The van der Waals surface area contributed by atoms with Crippen molar-refractivity contribution in [2.24, 2.45) is 4.99 Å². The Kier molecular flexibility index (Phi) is 2.64. The molecule has 0 radical (unpaired) electrons. The molecule has 1 heterocycles. The number of halogens is 2. The first-order chi connectivity index (χ1) is 7.58. The molecule has 16 heavy (non-hydrogen) atoms. The Morgan fingerprint density at radius 1 is 1.38 bits per heavy atom. The zero-order valence-electron chi connectivity index (χ0n) is 8.63. The number of carbonyl (C=O) groups excluding carboxylic acids is 1.